The molecule has 0 aliphatic carbocycles. The lowest BCUT2D eigenvalue weighted by atomic mass is 10.1. The first-order valence-corrected chi connectivity index (χ1v) is 5.72. The Morgan fingerprint density at radius 2 is 1.86 bits per heavy atom. The SMILES string of the molecule is CC(CN)CC(=O)N1CCCCCC1. The van der Waals surface area contributed by atoms with Gasteiger partial charge < -0.3 is 10.6 Å². The third-order valence-corrected chi connectivity index (χ3v) is 2.88. The summed E-state index contributed by atoms with van der Waals surface area (Å²) in [6.45, 7) is 4.56. The molecule has 0 aromatic heterocycles. The van der Waals surface area contributed by atoms with E-state index in [4.69, 9.17) is 5.73 Å². The van der Waals surface area contributed by atoms with Gasteiger partial charge in [-0.1, -0.05) is 19.8 Å². The normalized spacial score (nSPS) is 20.3. The van der Waals surface area contributed by atoms with Crippen LogP contribution in [0, 0.1) is 5.92 Å². The molecule has 2 N–H and O–H groups in total. The number of nitrogens with zero attached hydrogens (tertiary/aromatic N) is 1. The molecule has 1 amide bonds. The predicted octanol–water partition coefficient (Wildman–Crippen LogP) is 1.37. The van der Waals surface area contributed by atoms with Gasteiger partial charge in [-0.2, -0.15) is 0 Å². The molecular weight excluding hydrogens is 176 g/mol. The average molecular weight is 198 g/mol. The lowest BCUT2D eigenvalue weighted by Crippen LogP contribution is -2.33. The van der Waals surface area contributed by atoms with Gasteiger partial charge in [0.05, 0.1) is 0 Å². The Labute approximate surface area is 86.6 Å². The zero-order valence-electron chi connectivity index (χ0n) is 9.17. The molecule has 14 heavy (non-hydrogen) atoms. The first-order chi connectivity index (χ1) is 6.74. The second kappa shape index (κ2) is 6.02. The van der Waals surface area contributed by atoms with Gasteiger partial charge in [-0.05, 0) is 25.3 Å². The van der Waals surface area contributed by atoms with Crippen LogP contribution in [-0.4, -0.2) is 30.4 Å². The van der Waals surface area contributed by atoms with Crippen LogP contribution >= 0.6 is 0 Å². The van der Waals surface area contributed by atoms with Crippen LogP contribution in [0.4, 0.5) is 0 Å². The lowest BCUT2D eigenvalue weighted by Gasteiger charge is -2.21. The van der Waals surface area contributed by atoms with Crippen molar-refractivity contribution < 1.29 is 4.79 Å². The van der Waals surface area contributed by atoms with Gasteiger partial charge >= 0.3 is 0 Å². The Morgan fingerprint density at radius 1 is 1.29 bits per heavy atom. The van der Waals surface area contributed by atoms with Crippen molar-refractivity contribution in [1.82, 2.24) is 4.90 Å². The number of carbonyl (C=O) groups is 1. The summed E-state index contributed by atoms with van der Waals surface area (Å²) < 4.78 is 0. The molecule has 1 rings (SSSR count). The van der Waals surface area contributed by atoms with Gasteiger partial charge in [-0.25, -0.2) is 0 Å². The molecule has 0 spiro atoms. The summed E-state index contributed by atoms with van der Waals surface area (Å²) in [6.07, 6.45) is 5.51. The molecule has 0 bridgehead atoms. The van der Waals surface area contributed by atoms with Gasteiger partial charge in [-0.3, -0.25) is 4.79 Å². The van der Waals surface area contributed by atoms with Crippen LogP contribution < -0.4 is 5.73 Å². The largest absolute Gasteiger partial charge is 0.343 e. The molecule has 0 aromatic rings. The molecule has 3 heteroatoms. The van der Waals surface area contributed by atoms with Crippen molar-refractivity contribution in [3.05, 3.63) is 0 Å². The maximum absolute atomic E-state index is 11.8. The number of hydrogen-bond donors (Lipinski definition) is 1. The summed E-state index contributed by atoms with van der Waals surface area (Å²) in [5, 5.41) is 0. The minimum Gasteiger partial charge on any atom is -0.343 e. The van der Waals surface area contributed by atoms with Gasteiger partial charge in [0.2, 0.25) is 5.91 Å². The van der Waals surface area contributed by atoms with Crippen LogP contribution in [-0.2, 0) is 4.79 Å². The molecule has 1 aliphatic rings. The Morgan fingerprint density at radius 3 is 2.36 bits per heavy atom. The summed E-state index contributed by atoms with van der Waals surface area (Å²) in [7, 11) is 0. The third kappa shape index (κ3) is 3.66. The van der Waals surface area contributed by atoms with E-state index in [1.807, 2.05) is 11.8 Å². The maximum atomic E-state index is 11.8. The number of amides is 1. The first kappa shape index (κ1) is 11.5. The van der Waals surface area contributed by atoms with Gasteiger partial charge in [-0.15, -0.1) is 0 Å². The number of likely N-dealkylation sites (tertiary alicyclic amines) is 1. The summed E-state index contributed by atoms with van der Waals surface area (Å²) in [5.74, 6) is 0.621. The molecule has 0 saturated carbocycles. The first-order valence-electron chi connectivity index (χ1n) is 5.72. The van der Waals surface area contributed by atoms with E-state index < -0.39 is 0 Å². The quantitative estimate of drug-likeness (QED) is 0.744. The van der Waals surface area contributed by atoms with Crippen LogP contribution in [0.25, 0.3) is 0 Å². The molecular formula is C11H22N2O. The summed E-state index contributed by atoms with van der Waals surface area (Å²) in [6, 6.07) is 0. The average Bonchev–Trinajstić information content (AvgIpc) is 2.45. The number of rotatable bonds is 3. The highest BCUT2D eigenvalue weighted by Gasteiger charge is 2.16. The number of carbonyl (C=O) groups excluding carboxylic acids is 1. The molecule has 0 aromatic carbocycles. The predicted molar refractivity (Wildman–Crippen MR) is 57.9 cm³/mol. The maximum Gasteiger partial charge on any atom is 0.222 e. The van der Waals surface area contributed by atoms with E-state index in [1.165, 1.54) is 25.7 Å². The Bertz CT molecular complexity index is 174. The molecule has 0 radical (unpaired) electrons. The zero-order chi connectivity index (χ0) is 10.4. The molecule has 3 nitrogen and oxygen atoms in total. The van der Waals surface area contributed by atoms with Crippen molar-refractivity contribution in [2.45, 2.75) is 39.0 Å². The summed E-state index contributed by atoms with van der Waals surface area (Å²) in [5.41, 5.74) is 5.51. The fraction of sp³-hybridized carbons (Fsp3) is 0.909. The zero-order valence-corrected chi connectivity index (χ0v) is 9.17. The molecule has 1 saturated heterocycles. The molecule has 82 valence electrons. The van der Waals surface area contributed by atoms with Crippen LogP contribution in [0.5, 0.6) is 0 Å². The molecule has 1 atom stereocenters. The van der Waals surface area contributed by atoms with Gasteiger partial charge in [0.1, 0.15) is 0 Å². The third-order valence-electron chi connectivity index (χ3n) is 2.88. The Kier molecular flexibility index (Phi) is 4.94. The smallest absolute Gasteiger partial charge is 0.222 e. The second-order valence-corrected chi connectivity index (χ2v) is 4.34. The molecule has 1 aliphatic heterocycles. The monoisotopic (exact) mass is 198 g/mol. The van der Waals surface area contributed by atoms with Crippen LogP contribution in [0.1, 0.15) is 39.0 Å². The van der Waals surface area contributed by atoms with Gasteiger partial charge in [0.25, 0.3) is 0 Å². The van der Waals surface area contributed by atoms with Crippen LogP contribution in [0.3, 0.4) is 0 Å². The molecule has 1 fully saturated rings. The van der Waals surface area contributed by atoms with E-state index in [0.29, 0.717) is 24.8 Å². The van der Waals surface area contributed by atoms with Crippen molar-refractivity contribution >= 4 is 5.91 Å². The van der Waals surface area contributed by atoms with Crippen molar-refractivity contribution in [3.63, 3.8) is 0 Å². The van der Waals surface area contributed by atoms with Crippen molar-refractivity contribution in [2.75, 3.05) is 19.6 Å². The fourth-order valence-corrected chi connectivity index (χ4v) is 1.83. The highest BCUT2D eigenvalue weighted by atomic mass is 16.2. The van der Waals surface area contributed by atoms with E-state index in [0.717, 1.165) is 13.1 Å². The standard InChI is InChI=1S/C11H22N2O/c1-10(9-12)8-11(14)13-6-4-2-3-5-7-13/h10H,2-9,12H2,1H3. The van der Waals surface area contributed by atoms with Crippen molar-refractivity contribution in [1.29, 1.82) is 0 Å². The summed E-state index contributed by atoms with van der Waals surface area (Å²) in [4.78, 5) is 13.8. The molecule has 1 unspecified atom stereocenters. The van der Waals surface area contributed by atoms with E-state index in [1.54, 1.807) is 0 Å². The van der Waals surface area contributed by atoms with Crippen molar-refractivity contribution in [2.24, 2.45) is 11.7 Å². The minimum atomic E-state index is 0.296. The summed E-state index contributed by atoms with van der Waals surface area (Å²) >= 11 is 0. The topological polar surface area (TPSA) is 46.3 Å². The molecule has 1 heterocycles. The lowest BCUT2D eigenvalue weighted by molar-refractivity contribution is -0.131. The van der Waals surface area contributed by atoms with E-state index >= 15 is 0 Å². The second-order valence-electron chi connectivity index (χ2n) is 4.34. The minimum absolute atomic E-state index is 0.296. The van der Waals surface area contributed by atoms with Crippen LogP contribution in [0.2, 0.25) is 0 Å². The van der Waals surface area contributed by atoms with E-state index in [2.05, 4.69) is 0 Å². The van der Waals surface area contributed by atoms with Gasteiger partial charge in [0.15, 0.2) is 0 Å². The highest BCUT2D eigenvalue weighted by molar-refractivity contribution is 5.76. The fourth-order valence-electron chi connectivity index (χ4n) is 1.83. The number of hydrogen-bond acceptors (Lipinski definition) is 2. The highest BCUT2D eigenvalue weighted by Crippen LogP contribution is 2.12. The van der Waals surface area contributed by atoms with E-state index in [-0.39, 0.29) is 0 Å². The van der Waals surface area contributed by atoms with Gasteiger partial charge in [0, 0.05) is 19.5 Å². The van der Waals surface area contributed by atoms with E-state index in [9.17, 15) is 4.79 Å². The van der Waals surface area contributed by atoms with Crippen molar-refractivity contribution in [3.8, 4) is 0 Å². The Hall–Kier alpha value is -0.570. The number of nitrogens with two attached hydrogens (primary N) is 1. The van der Waals surface area contributed by atoms with Crippen LogP contribution in [0.15, 0.2) is 0 Å². The Balaban J connectivity index is 2.34.